The Labute approximate surface area is 868 Å². The summed E-state index contributed by atoms with van der Waals surface area (Å²) in [6.45, 7) is 8.36. The van der Waals surface area contributed by atoms with Gasteiger partial charge in [-0.15, -0.1) is 0 Å². The first-order valence-corrected chi connectivity index (χ1v) is 51.7. The van der Waals surface area contributed by atoms with Crippen LogP contribution in [0.1, 0.15) is 29.1 Å². The molecular formula is C119H89BBr2I2KN7O2. The Morgan fingerprint density at radius 1 is 0.194 bits per heavy atom. The van der Waals surface area contributed by atoms with Crippen molar-refractivity contribution < 1.29 is 62.1 Å². The van der Waals surface area contributed by atoms with E-state index < -0.39 is 18.3 Å². The summed E-state index contributed by atoms with van der Waals surface area (Å²) >= 11 is 10.8. The maximum atomic E-state index is 6.41. The van der Waals surface area contributed by atoms with Crippen molar-refractivity contribution in [2.75, 3.05) is 0 Å². The van der Waals surface area contributed by atoms with Crippen LogP contribution in [0.15, 0.2) is 472 Å². The molecule has 0 bridgehead atoms. The van der Waals surface area contributed by atoms with Crippen molar-refractivity contribution in [2.24, 2.45) is 0 Å². The number of aromatic nitrogens is 7. The summed E-state index contributed by atoms with van der Waals surface area (Å²) in [4.78, 5) is 30.7. The third kappa shape index (κ3) is 22.8. The van der Waals surface area contributed by atoms with E-state index in [1.165, 1.54) is 11.1 Å². The fraction of sp³-hybridized carbons (Fsp3) is 0.0504. The third-order valence-corrected chi connectivity index (χ3v) is 25.1. The van der Waals surface area contributed by atoms with Crippen molar-refractivity contribution in [2.45, 2.75) is 38.9 Å². The molecule has 0 atom stereocenters. The molecule has 0 spiro atoms. The molecule has 0 aliphatic carbocycles. The Morgan fingerprint density at radius 2 is 0.373 bits per heavy atom. The SMILES string of the molecule is Brc1cncc(Br)c1.CC1(C)OB(c2cccc(-c3cc(-c4cccc(-c5cccnc5)c4)cc(-c4cccc(-c5cccnc5)c4)c3)c2)OC1(C)C.II.[H-].[K+].c1ccc(-c2cccc(-c3cc(-c4cccc(-c5cccnc5)c4)cc(-c4cccc(-c5cncc(-c6cccc(-c7cc(-c8cccc(-c9cccnc9)c8)cc(-c8cccc(-c9cccnc9)c8)c7)c6)c5)c4)c3)c2)cc1. The van der Waals surface area contributed by atoms with Crippen LogP contribution in [0.4, 0.5) is 0 Å². The molecule has 1 aliphatic rings. The van der Waals surface area contributed by atoms with Gasteiger partial charge in [-0.2, -0.15) is 0 Å². The molecule has 1 saturated heterocycles. The van der Waals surface area contributed by atoms with Crippen LogP contribution < -0.4 is 56.8 Å². The van der Waals surface area contributed by atoms with E-state index in [0.29, 0.717) is 0 Å². The summed E-state index contributed by atoms with van der Waals surface area (Å²) in [5.41, 5.74) is 38.3. The van der Waals surface area contributed by atoms with Crippen molar-refractivity contribution in [3.63, 3.8) is 0 Å². The second kappa shape index (κ2) is 44.0. The Balaban J connectivity index is 0.000000196. The van der Waals surface area contributed by atoms with Crippen molar-refractivity contribution in [3.8, 4) is 189 Å². The molecule has 0 radical (unpaired) electrons. The Bertz CT molecular complexity index is 6880. The van der Waals surface area contributed by atoms with Gasteiger partial charge >= 0.3 is 58.5 Å². The van der Waals surface area contributed by atoms with Crippen LogP contribution in [-0.4, -0.2) is 53.2 Å². The van der Waals surface area contributed by atoms with Crippen molar-refractivity contribution in [1.82, 2.24) is 34.9 Å². The molecule has 644 valence electrons. The van der Waals surface area contributed by atoms with Crippen LogP contribution in [0, 0.1) is 0 Å². The van der Waals surface area contributed by atoms with Gasteiger partial charge in [-0.1, -0.05) is 231 Å². The topological polar surface area (TPSA) is 109 Å². The summed E-state index contributed by atoms with van der Waals surface area (Å²) in [7, 11) is -0.426. The van der Waals surface area contributed by atoms with Gasteiger partial charge in [0, 0.05) is 172 Å². The monoisotopic (exact) mass is 2110 g/mol. The average molecular weight is 2110 g/mol. The first-order valence-electron chi connectivity index (χ1n) is 43.8. The van der Waals surface area contributed by atoms with Crippen molar-refractivity contribution >= 4 is 81.7 Å². The van der Waals surface area contributed by atoms with E-state index in [1.807, 2.05) is 98.4 Å². The standard InChI is InChI=1S/C74H50N4.C40H35BN2O2.C5H3Br2N.I2.K.H/c1-2-13-51(14-3-1)52-15-4-19-56(33-52)67-39-68(57-20-5-16-53(34-57)64-27-10-30-75-46-64)42-71(40-67)60-23-8-25-62(37-60)73-45-74(50-78-49-73)63-26-9-24-61(38-63)72-43-69(58-21-6-17-54(35-58)65-28-11-31-76-47-65)41-70(44-72)59-22-7-18-55(36-59)66-29-12-32-77-48-66;1-39(2)40(3,4)45-41(44-39)38-17-7-14-32(25-38)37-23-35(30-12-5-10-28(20-30)33-15-8-18-42-26-33)22-36(24-37)31-13-6-11-29(21-31)34-16-9-19-43-27-34;6-4-1-5(7)3-8-2-4;1-2;;/h1-50H;5-27H,1-4H3;1-3H;;;/q;;;;+1;-1. The van der Waals surface area contributed by atoms with E-state index >= 15 is 0 Å². The summed E-state index contributed by atoms with van der Waals surface area (Å²) in [5.74, 6) is 0. The minimum atomic E-state index is -0.426. The van der Waals surface area contributed by atoms with E-state index in [4.69, 9.17) is 14.3 Å². The molecule has 8 heterocycles. The van der Waals surface area contributed by atoms with Gasteiger partial charge in [0.2, 0.25) is 0 Å². The van der Waals surface area contributed by atoms with Crippen LogP contribution in [0.5, 0.6) is 0 Å². The van der Waals surface area contributed by atoms with E-state index in [2.05, 4.69) is 466 Å². The predicted octanol–water partition coefficient (Wildman–Crippen LogP) is 29.9. The zero-order valence-electron chi connectivity index (χ0n) is 75.4. The summed E-state index contributed by atoms with van der Waals surface area (Å²) < 4.78 is 14.8. The second-order valence-electron chi connectivity index (χ2n) is 33.6. The Morgan fingerprint density at radius 3 is 0.604 bits per heavy atom. The first kappa shape index (κ1) is 93.7. The largest absolute Gasteiger partial charge is 1.00 e. The summed E-state index contributed by atoms with van der Waals surface area (Å²) in [6.07, 6.45) is 26.1. The summed E-state index contributed by atoms with van der Waals surface area (Å²) in [5, 5.41) is 0. The molecule has 0 saturated carbocycles. The van der Waals surface area contributed by atoms with Gasteiger partial charge in [0.05, 0.1) is 11.2 Å². The molecule has 21 rings (SSSR count). The van der Waals surface area contributed by atoms with Crippen LogP contribution in [0.2, 0.25) is 0 Å². The first-order chi connectivity index (χ1) is 65.1. The Hall–Kier alpha value is -12.0. The van der Waals surface area contributed by atoms with Gasteiger partial charge in [-0.3, -0.25) is 34.9 Å². The van der Waals surface area contributed by atoms with E-state index in [0.717, 1.165) is 192 Å². The van der Waals surface area contributed by atoms with Crippen molar-refractivity contribution in [1.29, 1.82) is 0 Å². The molecule has 0 amide bonds. The molecule has 1 fully saturated rings. The number of nitrogens with zero attached hydrogens (tertiary/aromatic N) is 7. The zero-order valence-corrected chi connectivity index (χ0v) is 85.0. The molecule has 13 aromatic carbocycles. The quantitative estimate of drug-likeness (QED) is 0.0613. The molecule has 15 heteroatoms. The number of rotatable bonds is 18. The number of hydrogen-bond acceptors (Lipinski definition) is 9. The Kier molecular flexibility index (Phi) is 30.8. The fourth-order valence-electron chi connectivity index (χ4n) is 16.7. The maximum absolute atomic E-state index is 6.41. The van der Waals surface area contributed by atoms with Gasteiger partial charge in [0.15, 0.2) is 0 Å². The van der Waals surface area contributed by atoms with Crippen LogP contribution in [-0.2, 0) is 9.31 Å². The molecular weight excluding hydrogens is 2020 g/mol. The van der Waals surface area contributed by atoms with Crippen LogP contribution in [0.25, 0.3) is 189 Å². The molecule has 0 unspecified atom stereocenters. The molecule has 0 N–H and O–H groups in total. The van der Waals surface area contributed by atoms with Crippen molar-refractivity contribution in [3.05, 3.63) is 472 Å². The molecule has 7 aromatic heterocycles. The van der Waals surface area contributed by atoms with Crippen LogP contribution in [0.3, 0.4) is 0 Å². The molecule has 1 aliphatic heterocycles. The number of benzene rings is 13. The molecule has 134 heavy (non-hydrogen) atoms. The number of hydrogen-bond donors (Lipinski definition) is 0. The zero-order chi connectivity index (χ0) is 91.0. The number of halogens is 4. The molecule has 20 aromatic rings. The average Bonchev–Trinajstić information content (AvgIpc) is 1.76. The van der Waals surface area contributed by atoms with Gasteiger partial charge in [0.1, 0.15) is 0 Å². The van der Waals surface area contributed by atoms with E-state index in [-0.39, 0.29) is 52.8 Å². The summed E-state index contributed by atoms with van der Waals surface area (Å²) in [6, 6.07) is 135. The molecule has 9 nitrogen and oxygen atoms in total. The third-order valence-electron chi connectivity index (χ3n) is 24.3. The number of pyridine rings is 7. The minimum Gasteiger partial charge on any atom is -1.00 e. The maximum Gasteiger partial charge on any atom is 1.00 e. The van der Waals surface area contributed by atoms with Crippen LogP contribution >= 0.6 is 69.1 Å². The minimum absolute atomic E-state index is 0. The van der Waals surface area contributed by atoms with Gasteiger partial charge < -0.3 is 10.7 Å². The predicted molar refractivity (Wildman–Crippen MR) is 577 cm³/mol. The van der Waals surface area contributed by atoms with Gasteiger partial charge in [-0.05, 0) is 361 Å². The van der Waals surface area contributed by atoms with Gasteiger partial charge in [0.25, 0.3) is 0 Å². The van der Waals surface area contributed by atoms with E-state index in [1.54, 1.807) is 24.8 Å². The van der Waals surface area contributed by atoms with E-state index in [9.17, 15) is 0 Å². The fourth-order valence-corrected chi connectivity index (χ4v) is 17.7. The normalized spacial score (nSPS) is 12.2. The van der Waals surface area contributed by atoms with Gasteiger partial charge in [-0.25, -0.2) is 0 Å². The smallest absolute Gasteiger partial charge is 1.00 e. The second-order valence-corrected chi connectivity index (χ2v) is 35.4.